The van der Waals surface area contributed by atoms with Crippen LogP contribution in [-0.2, 0) is 22.6 Å². The first-order valence-electron chi connectivity index (χ1n) is 10.4. The molecule has 0 aliphatic carbocycles. The number of aromatic amines is 1. The molecule has 2 aromatic carbocycles. The Kier molecular flexibility index (Phi) is 5.08. The first-order chi connectivity index (χ1) is 16.2. The molecule has 0 radical (unpaired) electrons. The summed E-state index contributed by atoms with van der Waals surface area (Å²) in [6.45, 7) is -0.0236. The number of nitrogens with one attached hydrogen (secondary N) is 1. The third-order valence-corrected chi connectivity index (χ3v) is 6.37. The average Bonchev–Trinajstić information content (AvgIpc) is 3.17. The van der Waals surface area contributed by atoms with Gasteiger partial charge in [-0.25, -0.2) is 18.0 Å². The number of carbonyl (C=O) groups excluding carboxylic acids is 1. The Morgan fingerprint density at radius 1 is 1.15 bits per heavy atom. The van der Waals surface area contributed by atoms with Crippen molar-refractivity contribution in [2.24, 2.45) is 0 Å². The fourth-order valence-corrected chi connectivity index (χ4v) is 4.79. The van der Waals surface area contributed by atoms with Crippen LogP contribution >= 0.6 is 0 Å². The maximum Gasteiger partial charge on any atom is 0.412 e. The van der Waals surface area contributed by atoms with Gasteiger partial charge in [0.15, 0.2) is 11.6 Å². The summed E-state index contributed by atoms with van der Waals surface area (Å²) in [6.07, 6.45) is -1.40. The second-order valence-electron chi connectivity index (χ2n) is 8.28. The molecule has 34 heavy (non-hydrogen) atoms. The number of hydrogen-bond acceptors (Lipinski definition) is 4. The van der Waals surface area contributed by atoms with Crippen LogP contribution in [0.5, 0.6) is 0 Å². The van der Waals surface area contributed by atoms with Crippen LogP contribution in [0, 0.1) is 17.5 Å². The van der Waals surface area contributed by atoms with Crippen LogP contribution in [0.25, 0.3) is 10.8 Å². The van der Waals surface area contributed by atoms with E-state index in [2.05, 4.69) is 4.98 Å². The summed E-state index contributed by atoms with van der Waals surface area (Å²) in [5.41, 5.74) is 0.663. The van der Waals surface area contributed by atoms with E-state index in [1.807, 2.05) is 0 Å². The third kappa shape index (κ3) is 3.31. The van der Waals surface area contributed by atoms with Crippen molar-refractivity contribution in [1.82, 2.24) is 9.88 Å². The van der Waals surface area contributed by atoms with Gasteiger partial charge >= 0.3 is 6.09 Å². The smallest absolute Gasteiger partial charge is 0.412 e. The van der Waals surface area contributed by atoms with Crippen LogP contribution in [0.1, 0.15) is 22.9 Å². The molecule has 3 heterocycles. The Morgan fingerprint density at radius 3 is 2.56 bits per heavy atom. The van der Waals surface area contributed by atoms with Crippen LogP contribution in [0.2, 0.25) is 0 Å². The Labute approximate surface area is 190 Å². The quantitative estimate of drug-likeness (QED) is 0.596. The van der Waals surface area contributed by atoms with E-state index in [-0.39, 0.29) is 36.1 Å². The Hall–Kier alpha value is -3.86. The predicted molar refractivity (Wildman–Crippen MR) is 114 cm³/mol. The zero-order valence-corrected chi connectivity index (χ0v) is 17.8. The maximum atomic E-state index is 14.1. The number of hydrogen-bond donors (Lipinski definition) is 2. The molecule has 0 saturated heterocycles. The largest absolute Gasteiger partial charge is 0.465 e. The number of carboxylic acid groups (broad SMARTS) is 1. The van der Waals surface area contributed by atoms with Crippen molar-refractivity contribution in [2.75, 3.05) is 18.6 Å². The minimum absolute atomic E-state index is 0.00651. The maximum absolute atomic E-state index is 14.1. The van der Waals surface area contributed by atoms with Gasteiger partial charge in [-0.15, -0.1) is 0 Å². The van der Waals surface area contributed by atoms with E-state index in [4.69, 9.17) is 4.74 Å². The minimum Gasteiger partial charge on any atom is -0.465 e. The topological polar surface area (TPSA) is 103 Å². The lowest BCUT2D eigenvalue weighted by Gasteiger charge is -2.36. The highest BCUT2D eigenvalue weighted by Gasteiger charge is 2.42. The Balaban J connectivity index is 1.57. The molecule has 2 unspecified atom stereocenters. The molecule has 8 nitrogen and oxygen atoms in total. The SMILES string of the molecule is CN(C(=O)C1Cc2cc(F)ccc2N1C(=O)O)C1COCc2[nH]c(=O)c3cc(F)c(F)cc3c21. The van der Waals surface area contributed by atoms with Gasteiger partial charge in [-0.2, -0.15) is 0 Å². The summed E-state index contributed by atoms with van der Waals surface area (Å²) < 4.78 is 47.2. The number of H-pyrrole nitrogens is 1. The number of pyridine rings is 1. The van der Waals surface area contributed by atoms with Crippen molar-refractivity contribution in [3.8, 4) is 0 Å². The van der Waals surface area contributed by atoms with Gasteiger partial charge in [0.2, 0.25) is 5.91 Å². The normalized spacial score (nSPS) is 19.1. The monoisotopic (exact) mass is 473 g/mol. The second-order valence-corrected chi connectivity index (χ2v) is 8.28. The summed E-state index contributed by atoms with van der Waals surface area (Å²) in [5, 5.41) is 9.80. The van der Waals surface area contributed by atoms with Crippen LogP contribution in [-0.4, -0.2) is 46.7 Å². The summed E-state index contributed by atoms with van der Waals surface area (Å²) >= 11 is 0. The number of rotatable bonds is 2. The van der Waals surface area contributed by atoms with E-state index in [1.54, 1.807) is 0 Å². The van der Waals surface area contributed by atoms with Gasteiger partial charge < -0.3 is 19.7 Å². The predicted octanol–water partition coefficient (Wildman–Crippen LogP) is 3.08. The molecular formula is C23H18F3N3O5. The zero-order chi connectivity index (χ0) is 24.3. The first kappa shape index (κ1) is 22.0. The third-order valence-electron chi connectivity index (χ3n) is 6.37. The molecule has 2 aliphatic rings. The molecule has 3 aromatic rings. The highest BCUT2D eigenvalue weighted by Crippen LogP contribution is 2.37. The Bertz CT molecular complexity index is 1420. The van der Waals surface area contributed by atoms with Crippen molar-refractivity contribution in [2.45, 2.75) is 25.1 Å². The Morgan fingerprint density at radius 2 is 1.85 bits per heavy atom. The molecule has 2 aliphatic heterocycles. The molecule has 176 valence electrons. The number of carbonyl (C=O) groups is 2. The van der Waals surface area contributed by atoms with Crippen molar-refractivity contribution in [3.63, 3.8) is 0 Å². The second kappa shape index (κ2) is 7.87. The lowest BCUT2D eigenvalue weighted by Crippen LogP contribution is -2.50. The summed E-state index contributed by atoms with van der Waals surface area (Å²) in [4.78, 5) is 42.7. The highest BCUT2D eigenvalue weighted by atomic mass is 19.2. The number of halogens is 3. The molecule has 2 atom stereocenters. The van der Waals surface area contributed by atoms with Gasteiger partial charge in [-0.1, -0.05) is 0 Å². The van der Waals surface area contributed by atoms with Crippen molar-refractivity contribution >= 4 is 28.5 Å². The number of benzene rings is 2. The molecule has 0 fully saturated rings. The molecule has 0 bridgehead atoms. The fourth-order valence-electron chi connectivity index (χ4n) is 4.79. The molecule has 11 heteroatoms. The van der Waals surface area contributed by atoms with E-state index < -0.39 is 47.1 Å². The lowest BCUT2D eigenvalue weighted by molar-refractivity contribution is -0.135. The van der Waals surface area contributed by atoms with Crippen molar-refractivity contribution in [3.05, 3.63) is 75.0 Å². The van der Waals surface area contributed by atoms with Crippen molar-refractivity contribution < 1.29 is 32.6 Å². The highest BCUT2D eigenvalue weighted by molar-refractivity contribution is 6.00. The van der Waals surface area contributed by atoms with Crippen LogP contribution < -0.4 is 10.5 Å². The zero-order valence-electron chi connectivity index (χ0n) is 17.8. The van der Waals surface area contributed by atoms with E-state index in [0.29, 0.717) is 16.8 Å². The summed E-state index contributed by atoms with van der Waals surface area (Å²) in [6, 6.07) is 3.34. The number of fused-ring (bicyclic) bond motifs is 4. The van der Waals surface area contributed by atoms with Crippen molar-refractivity contribution in [1.29, 1.82) is 0 Å². The summed E-state index contributed by atoms with van der Waals surface area (Å²) in [7, 11) is 1.44. The number of nitrogens with zero attached hydrogens (tertiary/aromatic N) is 2. The molecule has 2 amide bonds. The van der Waals surface area contributed by atoms with Crippen LogP contribution in [0.3, 0.4) is 0 Å². The van der Waals surface area contributed by atoms with Gasteiger partial charge in [-0.05, 0) is 41.3 Å². The fraction of sp³-hybridized carbons (Fsp3) is 0.261. The molecule has 0 saturated carbocycles. The molecule has 5 rings (SSSR count). The minimum atomic E-state index is -1.37. The van der Waals surface area contributed by atoms with Crippen LogP contribution in [0.4, 0.5) is 23.7 Å². The van der Waals surface area contributed by atoms with Gasteiger partial charge in [-0.3, -0.25) is 14.5 Å². The number of likely N-dealkylation sites (N-methyl/N-ethyl adjacent to an activating group) is 1. The standard InChI is InChI=1S/C23H18F3N3O5/c1-28(22(31)18-5-10-4-11(24)2-3-17(10)29(18)23(32)33)19-9-34-8-16-20(19)12-6-14(25)15(26)7-13(12)21(30)27-16/h2-4,6-7,18-19H,5,8-9H2,1H3,(H,27,30)(H,32,33). The van der Waals surface area contributed by atoms with E-state index in [0.717, 1.165) is 23.1 Å². The lowest BCUT2D eigenvalue weighted by atomic mass is 9.95. The van der Waals surface area contributed by atoms with Gasteiger partial charge in [0, 0.05) is 24.7 Å². The number of amides is 2. The molecule has 0 spiro atoms. The van der Waals surface area contributed by atoms with Gasteiger partial charge in [0.05, 0.1) is 30.3 Å². The molecule has 1 aromatic heterocycles. The average molecular weight is 473 g/mol. The number of anilines is 1. The number of ether oxygens (including phenoxy) is 1. The first-order valence-corrected chi connectivity index (χ1v) is 10.4. The van der Waals surface area contributed by atoms with E-state index >= 15 is 0 Å². The van der Waals surface area contributed by atoms with Gasteiger partial charge in [0.25, 0.3) is 5.56 Å². The van der Waals surface area contributed by atoms with Gasteiger partial charge in [0.1, 0.15) is 11.9 Å². The van der Waals surface area contributed by atoms with Crippen LogP contribution in [0.15, 0.2) is 35.1 Å². The molecule has 2 N–H and O–H groups in total. The van der Waals surface area contributed by atoms with E-state index in [1.165, 1.54) is 24.1 Å². The number of aromatic nitrogens is 1. The summed E-state index contributed by atoms with van der Waals surface area (Å²) in [5.74, 6) is -3.48. The molecular weight excluding hydrogens is 455 g/mol. The van der Waals surface area contributed by atoms with E-state index in [9.17, 15) is 32.7 Å².